The zero-order valence-electron chi connectivity index (χ0n) is 16.7. The normalized spacial score (nSPS) is 15.6. The number of hydrogen-bond donors (Lipinski definition) is 2. The van der Waals surface area contributed by atoms with Crippen molar-refractivity contribution < 1.29 is 14.4 Å². The van der Waals surface area contributed by atoms with E-state index in [1.807, 2.05) is 78.9 Å². The average Bonchev–Trinajstić information content (AvgIpc) is 3.04. The van der Waals surface area contributed by atoms with E-state index in [4.69, 9.17) is 0 Å². The Morgan fingerprint density at radius 3 is 2.29 bits per heavy atom. The van der Waals surface area contributed by atoms with Gasteiger partial charge in [0, 0.05) is 16.2 Å². The van der Waals surface area contributed by atoms with E-state index >= 15 is 0 Å². The van der Waals surface area contributed by atoms with E-state index in [2.05, 4.69) is 10.6 Å². The van der Waals surface area contributed by atoms with Gasteiger partial charge in [0.05, 0.1) is 5.69 Å². The molecule has 2 N–H and O–H groups in total. The van der Waals surface area contributed by atoms with Crippen LogP contribution in [0.4, 0.5) is 10.5 Å². The highest BCUT2D eigenvalue weighted by molar-refractivity contribution is 7.99. The first kappa shape index (κ1) is 20.7. The predicted molar refractivity (Wildman–Crippen MR) is 120 cm³/mol. The van der Waals surface area contributed by atoms with E-state index in [1.54, 1.807) is 6.07 Å². The SMILES string of the molecule is O=C(CN1C(=O)NC(Cc2ccccc2)C1=O)Nc1ccccc1Sc1ccccc1. The minimum Gasteiger partial charge on any atom is -0.325 e. The second-order valence-corrected chi connectivity index (χ2v) is 8.19. The Hall–Kier alpha value is -3.58. The van der Waals surface area contributed by atoms with E-state index in [0.29, 0.717) is 12.1 Å². The molecule has 4 rings (SSSR count). The van der Waals surface area contributed by atoms with Gasteiger partial charge in [-0.05, 0) is 29.8 Å². The Kier molecular flexibility index (Phi) is 6.33. The highest BCUT2D eigenvalue weighted by Gasteiger charge is 2.38. The van der Waals surface area contributed by atoms with Crippen LogP contribution in [0.3, 0.4) is 0 Å². The number of nitrogens with one attached hydrogen (secondary N) is 2. The number of carbonyl (C=O) groups is 3. The third kappa shape index (κ3) is 5.13. The Labute approximate surface area is 184 Å². The summed E-state index contributed by atoms with van der Waals surface area (Å²) in [5.74, 6) is -0.819. The summed E-state index contributed by atoms with van der Waals surface area (Å²) in [6.45, 7) is -0.333. The summed E-state index contributed by atoms with van der Waals surface area (Å²) in [6.07, 6.45) is 0.389. The monoisotopic (exact) mass is 431 g/mol. The lowest BCUT2D eigenvalue weighted by molar-refractivity contribution is -0.130. The number of para-hydroxylation sites is 1. The molecule has 3 aromatic carbocycles. The predicted octanol–water partition coefficient (Wildman–Crippen LogP) is 3.94. The van der Waals surface area contributed by atoms with E-state index < -0.39 is 23.9 Å². The van der Waals surface area contributed by atoms with Gasteiger partial charge >= 0.3 is 6.03 Å². The molecule has 3 aromatic rings. The molecule has 7 heteroatoms. The molecule has 156 valence electrons. The van der Waals surface area contributed by atoms with Crippen LogP contribution >= 0.6 is 11.8 Å². The van der Waals surface area contributed by atoms with Crippen molar-refractivity contribution in [2.45, 2.75) is 22.3 Å². The highest BCUT2D eigenvalue weighted by Crippen LogP contribution is 2.33. The number of imide groups is 1. The highest BCUT2D eigenvalue weighted by atomic mass is 32.2. The molecule has 0 aliphatic carbocycles. The quantitative estimate of drug-likeness (QED) is 0.556. The molecule has 0 aromatic heterocycles. The minimum atomic E-state index is -0.663. The zero-order chi connectivity index (χ0) is 21.6. The molecular weight excluding hydrogens is 410 g/mol. The van der Waals surface area contributed by atoms with Crippen molar-refractivity contribution in [1.82, 2.24) is 10.2 Å². The van der Waals surface area contributed by atoms with Gasteiger partial charge in [-0.25, -0.2) is 4.79 Å². The molecule has 6 nitrogen and oxygen atoms in total. The molecule has 1 aliphatic heterocycles. The van der Waals surface area contributed by atoms with E-state index in [9.17, 15) is 14.4 Å². The Morgan fingerprint density at radius 2 is 1.55 bits per heavy atom. The molecule has 0 spiro atoms. The van der Waals surface area contributed by atoms with E-state index in [-0.39, 0.29) is 6.54 Å². The maximum Gasteiger partial charge on any atom is 0.325 e. The Morgan fingerprint density at radius 1 is 0.903 bits per heavy atom. The summed E-state index contributed by atoms with van der Waals surface area (Å²) in [5, 5.41) is 5.50. The molecule has 1 fully saturated rings. The van der Waals surface area contributed by atoms with Crippen molar-refractivity contribution >= 4 is 35.3 Å². The number of benzene rings is 3. The molecule has 1 saturated heterocycles. The number of amides is 4. The second kappa shape index (κ2) is 9.49. The summed E-state index contributed by atoms with van der Waals surface area (Å²) in [4.78, 5) is 40.5. The molecule has 31 heavy (non-hydrogen) atoms. The lowest BCUT2D eigenvalue weighted by Gasteiger charge is -2.15. The largest absolute Gasteiger partial charge is 0.325 e. The summed E-state index contributed by atoms with van der Waals surface area (Å²) in [6, 6.07) is 25.5. The topological polar surface area (TPSA) is 78.5 Å². The lowest BCUT2D eigenvalue weighted by Crippen LogP contribution is -2.38. The summed E-state index contributed by atoms with van der Waals surface area (Å²) in [5.41, 5.74) is 1.58. The Bertz CT molecular complexity index is 1090. The molecule has 1 heterocycles. The van der Waals surface area contributed by atoms with Crippen LogP contribution in [-0.2, 0) is 16.0 Å². The molecule has 4 amide bonds. The van der Waals surface area contributed by atoms with Crippen LogP contribution in [0.5, 0.6) is 0 Å². The lowest BCUT2D eigenvalue weighted by atomic mass is 10.1. The van der Waals surface area contributed by atoms with Crippen molar-refractivity contribution in [2.24, 2.45) is 0 Å². The van der Waals surface area contributed by atoms with Crippen molar-refractivity contribution in [3.63, 3.8) is 0 Å². The maximum absolute atomic E-state index is 12.7. The van der Waals surface area contributed by atoms with Gasteiger partial charge in [0.2, 0.25) is 5.91 Å². The molecule has 1 unspecified atom stereocenters. The standard InChI is InChI=1S/C24H21N3O3S/c28-22(25-19-13-7-8-14-21(19)31-18-11-5-2-6-12-18)16-27-23(29)20(26-24(27)30)15-17-9-3-1-4-10-17/h1-14,20H,15-16H2,(H,25,28)(H,26,30). The fraction of sp³-hybridized carbons (Fsp3) is 0.125. The number of nitrogens with zero attached hydrogens (tertiary/aromatic N) is 1. The van der Waals surface area contributed by atoms with E-state index in [1.165, 1.54) is 11.8 Å². The van der Waals surface area contributed by atoms with Gasteiger partial charge in [-0.3, -0.25) is 14.5 Å². The van der Waals surface area contributed by atoms with Crippen molar-refractivity contribution in [3.8, 4) is 0 Å². The number of anilines is 1. The van der Waals surface area contributed by atoms with Gasteiger partial charge < -0.3 is 10.6 Å². The number of urea groups is 1. The van der Waals surface area contributed by atoms with Crippen molar-refractivity contribution in [3.05, 3.63) is 90.5 Å². The van der Waals surface area contributed by atoms with Gasteiger partial charge in [0.15, 0.2) is 0 Å². The van der Waals surface area contributed by atoms with Gasteiger partial charge in [-0.1, -0.05) is 72.4 Å². The molecule has 1 atom stereocenters. The first-order valence-electron chi connectivity index (χ1n) is 9.88. The van der Waals surface area contributed by atoms with Crippen LogP contribution in [0.2, 0.25) is 0 Å². The molecule has 0 radical (unpaired) electrons. The van der Waals surface area contributed by atoms with Crippen LogP contribution < -0.4 is 10.6 Å². The van der Waals surface area contributed by atoms with E-state index in [0.717, 1.165) is 20.3 Å². The summed E-state index contributed by atoms with van der Waals surface area (Å²) in [7, 11) is 0. The van der Waals surface area contributed by atoms with Crippen LogP contribution in [0.15, 0.2) is 94.7 Å². The average molecular weight is 432 g/mol. The Balaban J connectivity index is 1.40. The summed E-state index contributed by atoms with van der Waals surface area (Å²) < 4.78 is 0. The number of carbonyl (C=O) groups excluding carboxylic acids is 3. The third-order valence-electron chi connectivity index (χ3n) is 4.82. The van der Waals surface area contributed by atoms with Crippen LogP contribution in [0, 0.1) is 0 Å². The smallest absolute Gasteiger partial charge is 0.325 e. The fourth-order valence-electron chi connectivity index (χ4n) is 3.32. The van der Waals surface area contributed by atoms with Crippen LogP contribution in [-0.4, -0.2) is 35.3 Å². The molecule has 0 saturated carbocycles. The first-order valence-corrected chi connectivity index (χ1v) is 10.7. The number of rotatable bonds is 7. The minimum absolute atomic E-state index is 0.333. The van der Waals surface area contributed by atoms with Crippen molar-refractivity contribution in [2.75, 3.05) is 11.9 Å². The zero-order valence-corrected chi connectivity index (χ0v) is 17.5. The second-order valence-electron chi connectivity index (χ2n) is 7.08. The maximum atomic E-state index is 12.7. The van der Waals surface area contributed by atoms with Crippen molar-refractivity contribution in [1.29, 1.82) is 0 Å². The summed E-state index contributed by atoms with van der Waals surface area (Å²) >= 11 is 1.53. The van der Waals surface area contributed by atoms with Gasteiger partial charge in [-0.2, -0.15) is 0 Å². The fourth-order valence-corrected chi connectivity index (χ4v) is 4.25. The molecule has 0 bridgehead atoms. The molecular formula is C24H21N3O3S. The van der Waals surface area contributed by atoms with Gasteiger partial charge in [-0.15, -0.1) is 0 Å². The molecule has 1 aliphatic rings. The number of hydrogen-bond acceptors (Lipinski definition) is 4. The van der Waals surface area contributed by atoms with Crippen LogP contribution in [0.1, 0.15) is 5.56 Å². The van der Waals surface area contributed by atoms with Gasteiger partial charge in [0.25, 0.3) is 5.91 Å². The third-order valence-corrected chi connectivity index (χ3v) is 5.91. The van der Waals surface area contributed by atoms with Gasteiger partial charge in [0.1, 0.15) is 12.6 Å². The first-order chi connectivity index (χ1) is 15.1. The van der Waals surface area contributed by atoms with Crippen LogP contribution in [0.25, 0.3) is 0 Å².